The van der Waals surface area contributed by atoms with Crippen molar-refractivity contribution >= 4 is 23.6 Å². The summed E-state index contributed by atoms with van der Waals surface area (Å²) in [6, 6.07) is 7.13. The maximum atomic E-state index is 11.7. The molecule has 0 bridgehead atoms. The Kier molecular flexibility index (Phi) is 6.46. The van der Waals surface area contributed by atoms with Crippen LogP contribution in [0.15, 0.2) is 30.3 Å². The number of nitrogens with two attached hydrogens (primary N) is 1. The monoisotopic (exact) mass is 276 g/mol. The quantitative estimate of drug-likeness (QED) is 0.666. The number of rotatable bonds is 7. The first kappa shape index (κ1) is 15.9. The standard InChI is InChI=1S/C15H20N2O3/c1-11(16)4-2-7-14(18)17-13-6-3-5-12(10-13)8-9-15(19)20/h3,5-6,8-11H,2,4,7,16H2,1H3,(H,17,18)(H,19,20)/b9-8+. The topological polar surface area (TPSA) is 92.4 Å². The van der Waals surface area contributed by atoms with Crippen LogP contribution in [-0.4, -0.2) is 23.0 Å². The molecule has 0 radical (unpaired) electrons. The van der Waals surface area contributed by atoms with Gasteiger partial charge in [-0.05, 0) is 43.5 Å². The number of aliphatic carboxylic acids is 1. The van der Waals surface area contributed by atoms with Crippen LogP contribution < -0.4 is 11.1 Å². The molecule has 108 valence electrons. The summed E-state index contributed by atoms with van der Waals surface area (Å²) in [5, 5.41) is 11.3. The van der Waals surface area contributed by atoms with Crippen molar-refractivity contribution in [2.45, 2.75) is 32.2 Å². The minimum Gasteiger partial charge on any atom is -0.478 e. The Labute approximate surface area is 118 Å². The van der Waals surface area contributed by atoms with Crippen LogP contribution in [0.3, 0.4) is 0 Å². The van der Waals surface area contributed by atoms with E-state index in [1.54, 1.807) is 24.3 Å². The van der Waals surface area contributed by atoms with Crippen LogP contribution in [0.5, 0.6) is 0 Å². The largest absolute Gasteiger partial charge is 0.478 e. The van der Waals surface area contributed by atoms with Crippen LogP contribution >= 0.6 is 0 Å². The zero-order valence-corrected chi connectivity index (χ0v) is 11.5. The Balaban J connectivity index is 2.53. The molecule has 0 aliphatic heterocycles. The first-order valence-electron chi connectivity index (χ1n) is 6.54. The van der Waals surface area contributed by atoms with Gasteiger partial charge >= 0.3 is 5.97 Å². The summed E-state index contributed by atoms with van der Waals surface area (Å²) in [5.41, 5.74) is 7.00. The summed E-state index contributed by atoms with van der Waals surface area (Å²) in [5.74, 6) is -1.07. The molecule has 1 atom stereocenters. The molecule has 5 nitrogen and oxygen atoms in total. The Bertz CT molecular complexity index is 496. The number of carbonyl (C=O) groups excluding carboxylic acids is 1. The molecule has 1 aromatic carbocycles. The summed E-state index contributed by atoms with van der Waals surface area (Å²) in [7, 11) is 0. The van der Waals surface area contributed by atoms with Crippen LogP contribution in [0, 0.1) is 0 Å². The highest BCUT2D eigenvalue weighted by atomic mass is 16.4. The third-order valence-corrected chi connectivity index (χ3v) is 2.65. The van der Waals surface area contributed by atoms with Gasteiger partial charge in [0.25, 0.3) is 0 Å². The summed E-state index contributed by atoms with van der Waals surface area (Å²) in [6.07, 6.45) is 4.53. The van der Waals surface area contributed by atoms with E-state index in [2.05, 4.69) is 5.32 Å². The fourth-order valence-corrected chi connectivity index (χ4v) is 1.70. The van der Waals surface area contributed by atoms with E-state index in [1.165, 1.54) is 6.08 Å². The third-order valence-electron chi connectivity index (χ3n) is 2.65. The molecule has 0 saturated carbocycles. The number of nitrogens with one attached hydrogen (secondary N) is 1. The van der Waals surface area contributed by atoms with E-state index in [0.29, 0.717) is 12.1 Å². The molecule has 0 aromatic heterocycles. The fourth-order valence-electron chi connectivity index (χ4n) is 1.70. The SMILES string of the molecule is CC(N)CCCC(=O)Nc1cccc(/C=C/C(=O)O)c1. The lowest BCUT2D eigenvalue weighted by Crippen LogP contribution is -2.16. The predicted octanol–water partition coefficient (Wildman–Crippen LogP) is 2.24. The molecular formula is C15H20N2O3. The van der Waals surface area contributed by atoms with Gasteiger partial charge in [0.2, 0.25) is 5.91 Å². The second-order valence-corrected chi connectivity index (χ2v) is 4.71. The van der Waals surface area contributed by atoms with Gasteiger partial charge in [-0.3, -0.25) is 4.79 Å². The zero-order chi connectivity index (χ0) is 15.0. The number of carbonyl (C=O) groups is 2. The van der Waals surface area contributed by atoms with Crippen molar-refractivity contribution < 1.29 is 14.7 Å². The number of hydrogen-bond acceptors (Lipinski definition) is 3. The highest BCUT2D eigenvalue weighted by Crippen LogP contribution is 2.13. The highest BCUT2D eigenvalue weighted by molar-refractivity contribution is 5.91. The summed E-state index contributed by atoms with van der Waals surface area (Å²) in [4.78, 5) is 22.1. The molecule has 1 amide bonds. The lowest BCUT2D eigenvalue weighted by molar-refractivity contribution is -0.131. The second kappa shape index (κ2) is 8.12. The molecule has 0 aliphatic rings. The van der Waals surface area contributed by atoms with Crippen molar-refractivity contribution in [3.8, 4) is 0 Å². The van der Waals surface area contributed by atoms with Crippen molar-refractivity contribution in [3.05, 3.63) is 35.9 Å². The van der Waals surface area contributed by atoms with Gasteiger partial charge in [-0.1, -0.05) is 12.1 Å². The van der Waals surface area contributed by atoms with Crippen molar-refractivity contribution in [2.24, 2.45) is 5.73 Å². The Morgan fingerprint density at radius 3 is 2.85 bits per heavy atom. The van der Waals surface area contributed by atoms with Gasteiger partial charge in [0.15, 0.2) is 0 Å². The van der Waals surface area contributed by atoms with Crippen molar-refractivity contribution in [1.29, 1.82) is 0 Å². The average molecular weight is 276 g/mol. The number of hydrogen-bond donors (Lipinski definition) is 3. The number of benzene rings is 1. The Morgan fingerprint density at radius 2 is 2.20 bits per heavy atom. The minimum absolute atomic E-state index is 0.0648. The molecule has 0 spiro atoms. The molecule has 20 heavy (non-hydrogen) atoms. The first-order chi connectivity index (χ1) is 9.47. The van der Waals surface area contributed by atoms with Crippen molar-refractivity contribution in [2.75, 3.05) is 5.32 Å². The molecular weight excluding hydrogens is 256 g/mol. The highest BCUT2D eigenvalue weighted by Gasteiger charge is 2.03. The van der Waals surface area contributed by atoms with Crippen LogP contribution in [-0.2, 0) is 9.59 Å². The van der Waals surface area contributed by atoms with Crippen molar-refractivity contribution in [1.82, 2.24) is 0 Å². The normalized spacial score (nSPS) is 12.3. The van der Waals surface area contributed by atoms with E-state index in [9.17, 15) is 9.59 Å². The van der Waals surface area contributed by atoms with E-state index in [4.69, 9.17) is 10.8 Å². The van der Waals surface area contributed by atoms with E-state index >= 15 is 0 Å². The Morgan fingerprint density at radius 1 is 1.45 bits per heavy atom. The molecule has 1 unspecified atom stereocenters. The molecule has 0 heterocycles. The zero-order valence-electron chi connectivity index (χ0n) is 11.5. The molecule has 1 rings (SSSR count). The van der Waals surface area contributed by atoms with Gasteiger partial charge in [-0.15, -0.1) is 0 Å². The second-order valence-electron chi connectivity index (χ2n) is 4.71. The first-order valence-corrected chi connectivity index (χ1v) is 6.54. The maximum absolute atomic E-state index is 11.7. The number of carboxylic acids is 1. The lowest BCUT2D eigenvalue weighted by Gasteiger charge is -2.07. The van der Waals surface area contributed by atoms with E-state index in [1.807, 2.05) is 6.92 Å². The Hall–Kier alpha value is -2.14. The maximum Gasteiger partial charge on any atom is 0.328 e. The minimum atomic E-state index is -1.00. The molecule has 1 aromatic rings. The lowest BCUT2D eigenvalue weighted by atomic mass is 10.1. The smallest absolute Gasteiger partial charge is 0.328 e. The van der Waals surface area contributed by atoms with E-state index in [-0.39, 0.29) is 11.9 Å². The van der Waals surface area contributed by atoms with Gasteiger partial charge in [0, 0.05) is 24.2 Å². The number of carboxylic acid groups (broad SMARTS) is 1. The number of amides is 1. The van der Waals surface area contributed by atoms with Crippen LogP contribution in [0.4, 0.5) is 5.69 Å². The third kappa shape index (κ3) is 6.70. The summed E-state index contributed by atoms with van der Waals surface area (Å²) < 4.78 is 0. The van der Waals surface area contributed by atoms with Crippen LogP contribution in [0.2, 0.25) is 0 Å². The number of anilines is 1. The summed E-state index contributed by atoms with van der Waals surface area (Å²) >= 11 is 0. The van der Waals surface area contributed by atoms with E-state index in [0.717, 1.165) is 24.5 Å². The van der Waals surface area contributed by atoms with Crippen molar-refractivity contribution in [3.63, 3.8) is 0 Å². The van der Waals surface area contributed by atoms with Gasteiger partial charge in [-0.2, -0.15) is 0 Å². The van der Waals surface area contributed by atoms with Gasteiger partial charge in [-0.25, -0.2) is 4.79 Å². The predicted molar refractivity (Wildman–Crippen MR) is 79.2 cm³/mol. The summed E-state index contributed by atoms with van der Waals surface area (Å²) in [6.45, 7) is 1.91. The molecule has 0 fully saturated rings. The van der Waals surface area contributed by atoms with Crippen LogP contribution in [0.1, 0.15) is 31.7 Å². The molecule has 4 N–H and O–H groups in total. The fraction of sp³-hybridized carbons (Fsp3) is 0.333. The van der Waals surface area contributed by atoms with Gasteiger partial charge in [0.05, 0.1) is 0 Å². The molecule has 0 aliphatic carbocycles. The molecule has 5 heteroatoms. The van der Waals surface area contributed by atoms with Crippen LogP contribution in [0.25, 0.3) is 6.08 Å². The van der Waals surface area contributed by atoms with E-state index < -0.39 is 5.97 Å². The molecule has 0 saturated heterocycles. The van der Waals surface area contributed by atoms with Gasteiger partial charge in [0.1, 0.15) is 0 Å². The average Bonchev–Trinajstić information content (AvgIpc) is 2.36. The van der Waals surface area contributed by atoms with Gasteiger partial charge < -0.3 is 16.2 Å².